The van der Waals surface area contributed by atoms with Crippen molar-refractivity contribution in [2.75, 3.05) is 11.4 Å². The van der Waals surface area contributed by atoms with E-state index in [1.807, 2.05) is 30.5 Å². The van der Waals surface area contributed by atoms with Crippen molar-refractivity contribution in [3.8, 4) is 11.1 Å². The highest BCUT2D eigenvalue weighted by atomic mass is 32.2. The Bertz CT molecular complexity index is 1530. The molecule has 0 saturated carbocycles. The fourth-order valence-electron chi connectivity index (χ4n) is 4.38. The predicted molar refractivity (Wildman–Crippen MR) is 135 cm³/mol. The molecular weight excluding hydrogens is 592 g/mol. The van der Waals surface area contributed by atoms with Crippen molar-refractivity contribution < 1.29 is 54.4 Å². The van der Waals surface area contributed by atoms with Crippen molar-refractivity contribution >= 4 is 27.4 Å². The number of aromatic nitrogens is 2. The number of rotatable bonds is 5. The molecule has 1 atom stereocenters. The van der Waals surface area contributed by atoms with E-state index in [0.717, 1.165) is 23.3 Å². The molecule has 1 aliphatic rings. The Kier molecular flexibility index (Phi) is 9.35. The van der Waals surface area contributed by atoms with Crippen molar-refractivity contribution in [2.24, 2.45) is 5.92 Å². The number of hydrogen-bond acceptors (Lipinski definition) is 6. The van der Waals surface area contributed by atoms with Gasteiger partial charge in [-0.2, -0.15) is 26.3 Å². The largest absolute Gasteiger partial charge is 0.542 e. The van der Waals surface area contributed by atoms with Gasteiger partial charge in [-0.05, 0) is 62.1 Å². The number of carboxylic acid groups (broad SMARTS) is 1. The lowest BCUT2D eigenvalue weighted by molar-refractivity contribution is -0.382. The maximum Gasteiger partial charge on any atom is 0.430 e. The maximum absolute atomic E-state index is 13.4. The van der Waals surface area contributed by atoms with Crippen molar-refractivity contribution in [2.45, 2.75) is 48.7 Å². The van der Waals surface area contributed by atoms with Crippen LogP contribution < -0.4 is 15.0 Å². The lowest BCUT2D eigenvalue weighted by atomic mass is 9.85. The SMILES string of the molecule is CC(C)([C@H]1CCN(c2ccc(-c3cnc[nH+]c3)cc2)C(=O)C1)S(=O)(=O)c1cccc(C(F)(F)F)c1.O=C([O-])C(F)(F)F. The molecule has 1 saturated heterocycles. The zero-order valence-electron chi connectivity index (χ0n) is 22.2. The molecule has 1 aliphatic heterocycles. The number of sulfone groups is 1. The van der Waals surface area contributed by atoms with E-state index in [1.165, 1.54) is 19.9 Å². The first-order chi connectivity index (χ1) is 19.4. The summed E-state index contributed by atoms with van der Waals surface area (Å²) in [5.41, 5.74) is 1.50. The number of piperidine rings is 1. The number of carbonyl (C=O) groups is 2. The standard InChI is InChI=1S/C25H24F3N3O3S.C2HF3O2/c1-24(2,35(33,34)22-5-3-4-20(12-22)25(26,27)28)19-10-11-31(23(32)13-19)21-8-6-17(7-9-21)18-14-29-16-30-15-18;3-2(4,5)1(6)7/h3-9,12,14-16,19H,10-11,13H2,1-2H3;(H,6,7)/t19-;/m0./s1. The average Bonchev–Trinajstić information content (AvgIpc) is 2.93. The number of alkyl halides is 6. The number of aliphatic carboxylic acids is 1. The van der Waals surface area contributed by atoms with Crippen LogP contribution in [0.2, 0.25) is 0 Å². The molecule has 3 aromatic rings. The van der Waals surface area contributed by atoms with E-state index in [0.29, 0.717) is 24.7 Å². The summed E-state index contributed by atoms with van der Waals surface area (Å²) in [4.78, 5) is 30.0. The third-order valence-electron chi connectivity index (χ3n) is 6.92. The molecule has 42 heavy (non-hydrogen) atoms. The highest BCUT2D eigenvalue weighted by Gasteiger charge is 2.46. The Morgan fingerprint density at radius 2 is 1.64 bits per heavy atom. The molecule has 1 N–H and O–H groups in total. The minimum atomic E-state index is -5.19. The monoisotopic (exact) mass is 617 g/mol. The highest BCUT2D eigenvalue weighted by Crippen LogP contribution is 2.40. The molecule has 0 aliphatic carbocycles. The van der Waals surface area contributed by atoms with Crippen LogP contribution in [0.5, 0.6) is 0 Å². The first-order valence-electron chi connectivity index (χ1n) is 12.3. The van der Waals surface area contributed by atoms with Crippen LogP contribution in [0.1, 0.15) is 32.3 Å². The summed E-state index contributed by atoms with van der Waals surface area (Å²) in [6.45, 7) is 3.27. The molecule has 1 aromatic heterocycles. The van der Waals surface area contributed by atoms with Gasteiger partial charge >= 0.3 is 12.4 Å². The summed E-state index contributed by atoms with van der Waals surface area (Å²) in [7, 11) is -4.14. The number of amides is 1. The van der Waals surface area contributed by atoms with Crippen LogP contribution in [-0.4, -0.2) is 42.7 Å². The number of benzene rings is 2. The van der Waals surface area contributed by atoms with Crippen LogP contribution >= 0.6 is 0 Å². The molecule has 15 heteroatoms. The molecule has 2 aromatic carbocycles. The van der Waals surface area contributed by atoms with E-state index in [1.54, 1.807) is 17.4 Å². The summed E-state index contributed by atoms with van der Waals surface area (Å²) in [5, 5.41) is 8.78. The van der Waals surface area contributed by atoms with E-state index in [9.17, 15) is 39.6 Å². The summed E-state index contributed by atoms with van der Waals surface area (Å²) >= 11 is 0. The smallest absolute Gasteiger partial charge is 0.430 e. The fourth-order valence-corrected chi connectivity index (χ4v) is 6.17. The van der Waals surface area contributed by atoms with Crippen LogP contribution in [0.15, 0.2) is 72.1 Å². The number of aromatic amines is 1. The molecule has 0 bridgehead atoms. The number of carbonyl (C=O) groups excluding carboxylic acids is 2. The summed E-state index contributed by atoms with van der Waals surface area (Å²) in [6, 6.07) is 11.2. The topological polar surface area (TPSA) is 122 Å². The van der Waals surface area contributed by atoms with Gasteiger partial charge in [0, 0.05) is 18.7 Å². The lowest BCUT2D eigenvalue weighted by Gasteiger charge is -2.39. The molecule has 0 spiro atoms. The fraction of sp³-hybridized carbons (Fsp3) is 0.333. The van der Waals surface area contributed by atoms with Gasteiger partial charge in [-0.3, -0.25) is 4.79 Å². The molecule has 226 valence electrons. The molecule has 4 rings (SSSR count). The van der Waals surface area contributed by atoms with Gasteiger partial charge < -0.3 is 14.8 Å². The van der Waals surface area contributed by atoms with Gasteiger partial charge in [0.05, 0.1) is 27.0 Å². The number of hydrogen-bond donors (Lipinski definition) is 0. The van der Waals surface area contributed by atoms with Crippen molar-refractivity contribution in [1.29, 1.82) is 0 Å². The Morgan fingerprint density at radius 3 is 2.14 bits per heavy atom. The highest BCUT2D eigenvalue weighted by molar-refractivity contribution is 7.92. The Hall–Kier alpha value is -4.01. The first kappa shape index (κ1) is 32.5. The summed E-state index contributed by atoms with van der Waals surface area (Å²) < 4.78 is 96.2. The minimum absolute atomic E-state index is 0.0233. The number of nitrogens with zero attached hydrogens (tertiary/aromatic N) is 2. The van der Waals surface area contributed by atoms with E-state index in [4.69, 9.17) is 9.90 Å². The van der Waals surface area contributed by atoms with E-state index < -0.39 is 49.3 Å². The third-order valence-corrected chi connectivity index (χ3v) is 9.51. The second-order valence-electron chi connectivity index (χ2n) is 9.87. The van der Waals surface area contributed by atoms with Crippen molar-refractivity contribution in [1.82, 2.24) is 4.98 Å². The molecular formula is C27H25F6N3O5S. The van der Waals surface area contributed by atoms with Crippen LogP contribution in [0, 0.1) is 5.92 Å². The normalized spacial score (nSPS) is 16.4. The quantitative estimate of drug-likeness (QED) is 0.401. The molecule has 1 amide bonds. The zero-order chi connectivity index (χ0) is 31.5. The number of anilines is 1. The summed E-state index contributed by atoms with van der Waals surface area (Å²) in [6.07, 6.45) is -4.38. The number of carboxylic acids is 1. The van der Waals surface area contributed by atoms with Gasteiger partial charge in [-0.25, -0.2) is 13.4 Å². The van der Waals surface area contributed by atoms with Crippen LogP contribution in [0.4, 0.5) is 32.0 Å². The second-order valence-corrected chi connectivity index (χ2v) is 12.4. The van der Waals surface area contributed by atoms with Gasteiger partial charge in [-0.1, -0.05) is 23.2 Å². The van der Waals surface area contributed by atoms with Gasteiger partial charge in [0.25, 0.3) is 6.33 Å². The van der Waals surface area contributed by atoms with Crippen LogP contribution in [-0.2, 0) is 25.6 Å². The van der Waals surface area contributed by atoms with Crippen molar-refractivity contribution in [3.05, 3.63) is 72.8 Å². The van der Waals surface area contributed by atoms with E-state index in [-0.39, 0.29) is 12.3 Å². The van der Waals surface area contributed by atoms with Crippen LogP contribution in [0.3, 0.4) is 0 Å². The Morgan fingerprint density at radius 1 is 1.02 bits per heavy atom. The minimum Gasteiger partial charge on any atom is -0.542 e. The molecule has 1 fully saturated rings. The molecule has 0 unspecified atom stereocenters. The molecule has 0 radical (unpaired) electrons. The Balaban J connectivity index is 0.000000616. The Labute approximate surface area is 236 Å². The van der Waals surface area contributed by atoms with Gasteiger partial charge in [0.2, 0.25) is 5.91 Å². The zero-order valence-corrected chi connectivity index (χ0v) is 23.0. The molecule has 8 nitrogen and oxygen atoms in total. The maximum atomic E-state index is 13.4. The first-order valence-corrected chi connectivity index (χ1v) is 13.8. The summed E-state index contributed by atoms with van der Waals surface area (Å²) in [5.74, 6) is -3.78. The third kappa shape index (κ3) is 7.24. The predicted octanol–water partition coefficient (Wildman–Crippen LogP) is 3.88. The molecule has 2 heterocycles. The van der Waals surface area contributed by atoms with Crippen molar-refractivity contribution in [3.63, 3.8) is 0 Å². The number of halogens is 6. The van der Waals surface area contributed by atoms with Crippen LogP contribution in [0.25, 0.3) is 11.1 Å². The van der Waals surface area contributed by atoms with E-state index >= 15 is 0 Å². The lowest BCUT2D eigenvalue weighted by Crippen LogP contribution is -2.48. The van der Waals surface area contributed by atoms with Gasteiger partial charge in [-0.15, -0.1) is 0 Å². The second kappa shape index (κ2) is 12.1. The van der Waals surface area contributed by atoms with Gasteiger partial charge in [0.15, 0.2) is 16.0 Å². The number of nitrogens with one attached hydrogen (secondary N) is 1. The average molecular weight is 618 g/mol. The number of H-pyrrole nitrogens is 1. The van der Waals surface area contributed by atoms with E-state index in [2.05, 4.69) is 9.97 Å². The van der Waals surface area contributed by atoms with Gasteiger partial charge in [0.1, 0.15) is 5.97 Å².